The summed E-state index contributed by atoms with van der Waals surface area (Å²) in [6.45, 7) is -0.0139. The molecule has 0 aliphatic carbocycles. The lowest BCUT2D eigenvalue weighted by Crippen LogP contribution is -2.23. The zero-order chi connectivity index (χ0) is 13.9. The monoisotopic (exact) mass is 297 g/mol. The lowest BCUT2D eigenvalue weighted by molar-refractivity contribution is 0.579. The smallest absolute Gasteiger partial charge is 0.241 e. The van der Waals surface area contributed by atoms with Crippen molar-refractivity contribution in [1.29, 1.82) is 5.26 Å². The van der Waals surface area contributed by atoms with Crippen molar-refractivity contribution >= 4 is 21.6 Å². The van der Waals surface area contributed by atoms with Crippen LogP contribution < -0.4 is 4.72 Å². The predicted octanol–water partition coefficient (Wildman–Crippen LogP) is 0.808. The quantitative estimate of drug-likeness (QED) is 0.867. The van der Waals surface area contributed by atoms with Gasteiger partial charge in [-0.15, -0.1) is 0 Å². The van der Waals surface area contributed by atoms with Crippen molar-refractivity contribution < 1.29 is 8.42 Å². The minimum Gasteiger partial charge on any atom is -0.262 e. The van der Waals surface area contributed by atoms with Gasteiger partial charge < -0.3 is 0 Å². The highest BCUT2D eigenvalue weighted by Crippen LogP contribution is 2.20. The van der Waals surface area contributed by atoms with Gasteiger partial charge in [-0.25, -0.2) is 18.1 Å². The molecule has 0 atom stereocenters. The minimum atomic E-state index is -3.72. The molecule has 9 heteroatoms. The molecule has 0 radical (unpaired) electrons. The van der Waals surface area contributed by atoms with E-state index in [9.17, 15) is 8.42 Å². The molecule has 0 unspecified atom stereocenters. The second kappa shape index (κ2) is 5.36. The first-order valence-electron chi connectivity index (χ1n) is 5.06. The van der Waals surface area contributed by atoms with Gasteiger partial charge in [0.15, 0.2) is 0 Å². The molecule has 2 N–H and O–H groups in total. The number of sulfonamides is 1. The van der Waals surface area contributed by atoms with Crippen LogP contribution in [-0.4, -0.2) is 23.6 Å². The number of benzene rings is 1. The van der Waals surface area contributed by atoms with E-state index < -0.39 is 10.0 Å². The molecule has 0 saturated heterocycles. The number of nitrogens with zero attached hydrogens (tertiary/aromatic N) is 3. The van der Waals surface area contributed by atoms with Crippen LogP contribution in [0.5, 0.6) is 0 Å². The molecular formula is C10H8ClN5O2S. The van der Waals surface area contributed by atoms with Crippen molar-refractivity contribution in [2.75, 3.05) is 0 Å². The molecule has 1 heterocycles. The first-order chi connectivity index (χ1) is 9.03. The molecule has 0 aliphatic rings. The maximum Gasteiger partial charge on any atom is 0.241 e. The standard InChI is InChI=1S/C10H8ClN5O2S/c11-9-3-8(2-1-7(9)4-12)19(17,18)15-5-10-13-6-14-16-10/h1-3,6,15H,5H2,(H,13,14,16). The van der Waals surface area contributed by atoms with Crippen molar-refractivity contribution in [1.82, 2.24) is 19.9 Å². The lowest BCUT2D eigenvalue weighted by Gasteiger charge is -2.06. The van der Waals surface area contributed by atoms with E-state index in [4.69, 9.17) is 16.9 Å². The van der Waals surface area contributed by atoms with Crippen LogP contribution in [0.25, 0.3) is 0 Å². The molecule has 0 spiro atoms. The molecule has 0 bridgehead atoms. The van der Waals surface area contributed by atoms with Gasteiger partial charge in [0.2, 0.25) is 10.0 Å². The van der Waals surface area contributed by atoms with Crippen LogP contribution in [0.15, 0.2) is 29.4 Å². The van der Waals surface area contributed by atoms with Gasteiger partial charge in [0.25, 0.3) is 0 Å². The third-order valence-electron chi connectivity index (χ3n) is 2.27. The van der Waals surface area contributed by atoms with Gasteiger partial charge in [-0.2, -0.15) is 10.4 Å². The summed E-state index contributed by atoms with van der Waals surface area (Å²) < 4.78 is 26.3. The number of hydrogen-bond acceptors (Lipinski definition) is 5. The molecule has 0 aliphatic heterocycles. The van der Waals surface area contributed by atoms with Gasteiger partial charge in [0.1, 0.15) is 18.2 Å². The van der Waals surface area contributed by atoms with Gasteiger partial charge in [-0.1, -0.05) is 11.6 Å². The number of nitriles is 1. The maximum atomic E-state index is 12.0. The lowest BCUT2D eigenvalue weighted by atomic mass is 10.2. The molecule has 19 heavy (non-hydrogen) atoms. The number of halogens is 1. The fourth-order valence-corrected chi connectivity index (χ4v) is 2.62. The van der Waals surface area contributed by atoms with Crippen molar-refractivity contribution in [3.8, 4) is 6.07 Å². The summed E-state index contributed by atoms with van der Waals surface area (Å²) in [6, 6.07) is 5.75. The topological polar surface area (TPSA) is 112 Å². The van der Waals surface area contributed by atoms with E-state index in [1.807, 2.05) is 6.07 Å². The van der Waals surface area contributed by atoms with Gasteiger partial charge >= 0.3 is 0 Å². The molecule has 1 aromatic carbocycles. The van der Waals surface area contributed by atoms with E-state index in [0.717, 1.165) is 0 Å². The Bertz CT molecular complexity index is 721. The molecule has 98 valence electrons. The summed E-state index contributed by atoms with van der Waals surface area (Å²) >= 11 is 5.79. The molecule has 2 rings (SSSR count). The summed E-state index contributed by atoms with van der Waals surface area (Å²) in [7, 11) is -3.72. The molecule has 0 fully saturated rings. The number of nitrogens with one attached hydrogen (secondary N) is 2. The molecule has 0 saturated carbocycles. The molecule has 1 aromatic heterocycles. The predicted molar refractivity (Wildman–Crippen MR) is 66.6 cm³/mol. The number of hydrogen-bond donors (Lipinski definition) is 2. The Morgan fingerprint density at radius 1 is 1.47 bits per heavy atom. The Balaban J connectivity index is 2.20. The van der Waals surface area contributed by atoms with Crippen LogP contribution in [0.1, 0.15) is 11.4 Å². The fourth-order valence-electron chi connectivity index (χ4n) is 1.32. The average molecular weight is 298 g/mol. The molecule has 7 nitrogen and oxygen atoms in total. The van der Waals surface area contributed by atoms with Crippen molar-refractivity contribution in [2.45, 2.75) is 11.4 Å². The number of aromatic nitrogens is 3. The SMILES string of the molecule is N#Cc1ccc(S(=O)(=O)NCc2ncn[nH]2)cc1Cl. The van der Waals surface area contributed by atoms with Crippen LogP contribution in [-0.2, 0) is 16.6 Å². The van der Waals surface area contributed by atoms with Gasteiger partial charge in [-0.3, -0.25) is 5.10 Å². The van der Waals surface area contributed by atoms with Crippen LogP contribution in [0, 0.1) is 11.3 Å². The first kappa shape index (κ1) is 13.5. The Kier molecular flexibility index (Phi) is 3.80. The van der Waals surface area contributed by atoms with Crippen LogP contribution in [0.3, 0.4) is 0 Å². The summed E-state index contributed by atoms with van der Waals surface area (Å²) in [5, 5.41) is 14.9. The van der Waals surface area contributed by atoms with Crippen molar-refractivity contribution in [3.63, 3.8) is 0 Å². The van der Waals surface area contributed by atoms with Crippen molar-refractivity contribution in [2.24, 2.45) is 0 Å². The average Bonchev–Trinajstić information content (AvgIpc) is 2.89. The van der Waals surface area contributed by atoms with Gasteiger partial charge in [0.05, 0.1) is 22.0 Å². The van der Waals surface area contributed by atoms with E-state index in [-0.39, 0.29) is 22.0 Å². The Hall–Kier alpha value is -1.95. The third-order valence-corrected chi connectivity index (χ3v) is 3.98. The highest BCUT2D eigenvalue weighted by atomic mass is 35.5. The van der Waals surface area contributed by atoms with Gasteiger partial charge in [-0.05, 0) is 18.2 Å². The normalized spacial score (nSPS) is 11.2. The molecular weight excluding hydrogens is 290 g/mol. The largest absolute Gasteiger partial charge is 0.262 e. The van der Waals surface area contributed by atoms with Gasteiger partial charge in [0, 0.05) is 0 Å². The Morgan fingerprint density at radius 2 is 2.26 bits per heavy atom. The second-order valence-electron chi connectivity index (χ2n) is 3.51. The zero-order valence-corrected chi connectivity index (χ0v) is 11.0. The maximum absolute atomic E-state index is 12.0. The summed E-state index contributed by atoms with van der Waals surface area (Å²) in [5.41, 5.74) is 0.218. The third kappa shape index (κ3) is 3.08. The van der Waals surface area contributed by atoms with E-state index >= 15 is 0 Å². The summed E-state index contributed by atoms with van der Waals surface area (Å²) in [5.74, 6) is 0.392. The van der Waals surface area contributed by atoms with Crippen LogP contribution >= 0.6 is 11.6 Å². The number of aromatic amines is 1. The zero-order valence-electron chi connectivity index (χ0n) is 9.46. The second-order valence-corrected chi connectivity index (χ2v) is 5.68. The summed E-state index contributed by atoms with van der Waals surface area (Å²) in [6.07, 6.45) is 1.28. The van der Waals surface area contributed by atoms with E-state index in [2.05, 4.69) is 19.9 Å². The number of rotatable bonds is 4. The van der Waals surface area contributed by atoms with E-state index in [1.165, 1.54) is 24.5 Å². The molecule has 0 amide bonds. The van der Waals surface area contributed by atoms with Crippen LogP contribution in [0.4, 0.5) is 0 Å². The fraction of sp³-hybridized carbons (Fsp3) is 0.100. The van der Waals surface area contributed by atoms with Crippen LogP contribution in [0.2, 0.25) is 5.02 Å². The highest BCUT2D eigenvalue weighted by molar-refractivity contribution is 7.89. The Morgan fingerprint density at radius 3 is 2.84 bits per heavy atom. The number of H-pyrrole nitrogens is 1. The van der Waals surface area contributed by atoms with E-state index in [1.54, 1.807) is 0 Å². The summed E-state index contributed by atoms with van der Waals surface area (Å²) in [4.78, 5) is 3.78. The van der Waals surface area contributed by atoms with E-state index in [0.29, 0.717) is 5.82 Å². The minimum absolute atomic E-state index is 0.0139. The van der Waals surface area contributed by atoms with Crippen molar-refractivity contribution in [3.05, 3.63) is 40.9 Å². The molecule has 2 aromatic rings. The Labute approximate surface area is 114 Å². The highest BCUT2D eigenvalue weighted by Gasteiger charge is 2.16. The first-order valence-corrected chi connectivity index (χ1v) is 6.92.